The highest BCUT2D eigenvalue weighted by Gasteiger charge is 2.26. The summed E-state index contributed by atoms with van der Waals surface area (Å²) in [6.07, 6.45) is 2.15. The smallest absolute Gasteiger partial charge is 0.236 e. The molecule has 1 fully saturated rings. The molecule has 128 valence electrons. The highest BCUT2D eigenvalue weighted by molar-refractivity contribution is 5.78. The Morgan fingerprint density at radius 2 is 2.17 bits per heavy atom. The van der Waals surface area contributed by atoms with E-state index in [2.05, 4.69) is 33.3 Å². The molecule has 1 aromatic carbocycles. The number of piperidine rings is 1. The monoisotopic (exact) mass is 326 g/mol. The van der Waals surface area contributed by atoms with Crippen LogP contribution in [0, 0.1) is 6.92 Å². The van der Waals surface area contributed by atoms with Crippen LogP contribution in [0.15, 0.2) is 36.4 Å². The summed E-state index contributed by atoms with van der Waals surface area (Å²) in [6.45, 7) is 4.91. The van der Waals surface area contributed by atoms with Gasteiger partial charge in [0, 0.05) is 31.2 Å². The first-order valence-corrected chi connectivity index (χ1v) is 8.64. The lowest BCUT2D eigenvalue weighted by atomic mass is 9.94. The number of nitrogens with one attached hydrogen (secondary N) is 1. The summed E-state index contributed by atoms with van der Waals surface area (Å²) in [4.78, 5) is 16.7. The molecule has 1 aromatic heterocycles. The number of carbonyl (C=O) groups excluding carboxylic acids is 1. The van der Waals surface area contributed by atoms with Gasteiger partial charge in [-0.15, -0.1) is 0 Å². The van der Waals surface area contributed by atoms with Crippen LogP contribution < -0.4 is 0 Å². The number of hydrogen-bond donors (Lipinski definition) is 1. The molecule has 24 heavy (non-hydrogen) atoms. The van der Waals surface area contributed by atoms with E-state index < -0.39 is 0 Å². The Hall–Kier alpha value is -2.14. The molecule has 1 N–H and O–H groups in total. The predicted octanol–water partition coefficient (Wildman–Crippen LogP) is 2.56. The standard InChI is InChI=1S/C19H26N4O/c1-15-11-18(21-20-15)17-9-6-10-23(13-17)19(24)14-22(2)12-16-7-4-3-5-8-16/h3-5,7-8,11,17H,6,9-10,12-14H2,1-2H3,(H,20,21)/t17-/m0/s1. The lowest BCUT2D eigenvalue weighted by Gasteiger charge is -2.33. The van der Waals surface area contributed by atoms with Crippen LogP contribution in [-0.4, -0.2) is 52.6 Å². The number of nitrogens with zero attached hydrogens (tertiary/aromatic N) is 3. The van der Waals surface area contributed by atoms with E-state index in [9.17, 15) is 4.79 Å². The van der Waals surface area contributed by atoms with Gasteiger partial charge in [-0.25, -0.2) is 0 Å². The molecule has 2 aromatic rings. The average Bonchev–Trinajstić information content (AvgIpc) is 3.02. The van der Waals surface area contributed by atoms with Crippen molar-refractivity contribution in [2.75, 3.05) is 26.7 Å². The van der Waals surface area contributed by atoms with Gasteiger partial charge in [-0.05, 0) is 38.4 Å². The van der Waals surface area contributed by atoms with Gasteiger partial charge in [0.05, 0.1) is 12.2 Å². The van der Waals surface area contributed by atoms with Gasteiger partial charge >= 0.3 is 0 Å². The summed E-state index contributed by atoms with van der Waals surface area (Å²) in [5, 5.41) is 7.38. The molecule has 0 aliphatic carbocycles. The fraction of sp³-hybridized carbons (Fsp3) is 0.474. The van der Waals surface area contributed by atoms with Crippen LogP contribution in [0.3, 0.4) is 0 Å². The van der Waals surface area contributed by atoms with Crippen LogP contribution in [0.25, 0.3) is 0 Å². The molecule has 0 spiro atoms. The Labute approximate surface area is 143 Å². The number of aromatic amines is 1. The molecule has 5 heteroatoms. The maximum atomic E-state index is 12.6. The first kappa shape index (κ1) is 16.7. The first-order valence-electron chi connectivity index (χ1n) is 8.64. The highest BCUT2D eigenvalue weighted by Crippen LogP contribution is 2.26. The zero-order valence-corrected chi connectivity index (χ0v) is 14.5. The lowest BCUT2D eigenvalue weighted by Crippen LogP contribution is -2.43. The van der Waals surface area contributed by atoms with Crippen LogP contribution >= 0.6 is 0 Å². The van der Waals surface area contributed by atoms with Crippen molar-refractivity contribution in [1.82, 2.24) is 20.0 Å². The minimum absolute atomic E-state index is 0.213. The van der Waals surface area contributed by atoms with Crippen LogP contribution in [0.4, 0.5) is 0 Å². The van der Waals surface area contributed by atoms with Crippen molar-refractivity contribution in [3.63, 3.8) is 0 Å². The minimum Gasteiger partial charge on any atom is -0.341 e. The van der Waals surface area contributed by atoms with E-state index in [1.54, 1.807) is 0 Å². The van der Waals surface area contributed by atoms with Gasteiger partial charge < -0.3 is 4.90 Å². The number of rotatable bonds is 5. The van der Waals surface area contributed by atoms with Gasteiger partial charge in [-0.2, -0.15) is 5.10 Å². The number of likely N-dealkylation sites (tertiary alicyclic amines) is 1. The largest absolute Gasteiger partial charge is 0.341 e. The third-order valence-electron chi connectivity index (χ3n) is 4.62. The van der Waals surface area contributed by atoms with Crippen LogP contribution in [0.5, 0.6) is 0 Å². The Bertz CT molecular complexity index is 667. The number of H-pyrrole nitrogens is 1. The molecule has 3 rings (SSSR count). The van der Waals surface area contributed by atoms with Crippen LogP contribution in [-0.2, 0) is 11.3 Å². The number of benzene rings is 1. The predicted molar refractivity (Wildman–Crippen MR) is 94.7 cm³/mol. The number of aryl methyl sites for hydroxylation is 1. The van der Waals surface area contributed by atoms with Gasteiger partial charge in [-0.1, -0.05) is 30.3 Å². The third kappa shape index (κ3) is 4.23. The van der Waals surface area contributed by atoms with Crippen molar-refractivity contribution in [3.8, 4) is 0 Å². The van der Waals surface area contributed by atoms with Crippen molar-refractivity contribution in [2.45, 2.75) is 32.2 Å². The third-order valence-corrected chi connectivity index (χ3v) is 4.62. The van der Waals surface area contributed by atoms with E-state index in [4.69, 9.17) is 0 Å². The summed E-state index contributed by atoms with van der Waals surface area (Å²) < 4.78 is 0. The van der Waals surface area contributed by atoms with Crippen molar-refractivity contribution in [1.29, 1.82) is 0 Å². The zero-order valence-electron chi connectivity index (χ0n) is 14.5. The average molecular weight is 326 g/mol. The molecule has 1 aliphatic heterocycles. The van der Waals surface area contributed by atoms with Gasteiger partial charge in [0.25, 0.3) is 0 Å². The number of aromatic nitrogens is 2. The molecule has 0 saturated carbocycles. The Morgan fingerprint density at radius 3 is 2.88 bits per heavy atom. The number of likely N-dealkylation sites (N-methyl/N-ethyl adjacent to an activating group) is 1. The molecule has 0 bridgehead atoms. The highest BCUT2D eigenvalue weighted by atomic mass is 16.2. The minimum atomic E-state index is 0.213. The van der Waals surface area contributed by atoms with E-state index in [1.807, 2.05) is 37.1 Å². The van der Waals surface area contributed by atoms with E-state index in [1.165, 1.54) is 5.56 Å². The number of amides is 1. The topological polar surface area (TPSA) is 52.2 Å². The molecule has 1 amide bonds. The van der Waals surface area contributed by atoms with E-state index in [0.717, 1.165) is 43.9 Å². The van der Waals surface area contributed by atoms with Crippen molar-refractivity contribution >= 4 is 5.91 Å². The number of hydrogen-bond acceptors (Lipinski definition) is 3. The summed E-state index contributed by atoms with van der Waals surface area (Å²) in [7, 11) is 2.00. The Balaban J connectivity index is 1.54. The maximum Gasteiger partial charge on any atom is 0.236 e. The molecular weight excluding hydrogens is 300 g/mol. The zero-order chi connectivity index (χ0) is 16.9. The summed E-state index contributed by atoms with van der Waals surface area (Å²) in [6, 6.07) is 12.4. The second-order valence-corrected chi connectivity index (χ2v) is 6.81. The van der Waals surface area contributed by atoms with Gasteiger partial charge in [0.2, 0.25) is 5.91 Å². The summed E-state index contributed by atoms with van der Waals surface area (Å²) in [5.74, 6) is 0.567. The first-order chi connectivity index (χ1) is 11.6. The van der Waals surface area contributed by atoms with E-state index >= 15 is 0 Å². The molecule has 0 unspecified atom stereocenters. The Morgan fingerprint density at radius 1 is 1.38 bits per heavy atom. The molecule has 1 aliphatic rings. The van der Waals surface area contributed by atoms with E-state index in [-0.39, 0.29) is 5.91 Å². The fourth-order valence-electron chi connectivity index (χ4n) is 3.38. The van der Waals surface area contributed by atoms with Crippen LogP contribution in [0.1, 0.15) is 35.7 Å². The molecule has 5 nitrogen and oxygen atoms in total. The second-order valence-electron chi connectivity index (χ2n) is 6.81. The quantitative estimate of drug-likeness (QED) is 0.919. The maximum absolute atomic E-state index is 12.6. The number of carbonyl (C=O) groups is 1. The SMILES string of the molecule is Cc1cc([C@H]2CCCN(C(=O)CN(C)Cc3ccccc3)C2)n[nH]1. The van der Waals surface area contributed by atoms with Crippen molar-refractivity contribution in [2.24, 2.45) is 0 Å². The van der Waals surface area contributed by atoms with Crippen molar-refractivity contribution < 1.29 is 4.79 Å². The summed E-state index contributed by atoms with van der Waals surface area (Å²) in [5.41, 5.74) is 3.40. The second kappa shape index (κ2) is 7.62. The van der Waals surface area contributed by atoms with Crippen molar-refractivity contribution in [3.05, 3.63) is 53.3 Å². The van der Waals surface area contributed by atoms with Gasteiger partial charge in [0.1, 0.15) is 0 Å². The van der Waals surface area contributed by atoms with Crippen LogP contribution in [0.2, 0.25) is 0 Å². The Kier molecular flexibility index (Phi) is 5.30. The molecule has 2 heterocycles. The van der Waals surface area contributed by atoms with Gasteiger partial charge in [0.15, 0.2) is 0 Å². The molecule has 1 saturated heterocycles. The summed E-state index contributed by atoms with van der Waals surface area (Å²) >= 11 is 0. The molecule has 0 radical (unpaired) electrons. The lowest BCUT2D eigenvalue weighted by molar-refractivity contribution is -0.133. The normalized spacial score (nSPS) is 18.1. The van der Waals surface area contributed by atoms with E-state index in [0.29, 0.717) is 12.5 Å². The molecular formula is C19H26N4O. The fourth-order valence-corrected chi connectivity index (χ4v) is 3.38. The van der Waals surface area contributed by atoms with Gasteiger partial charge in [-0.3, -0.25) is 14.8 Å². The molecule has 1 atom stereocenters.